The maximum Gasteiger partial charge on any atom is 0.253 e. The largest absolute Gasteiger partial charge is 0.368 e. The van der Waals surface area contributed by atoms with E-state index in [1.54, 1.807) is 0 Å². The molecule has 0 aliphatic carbocycles. The highest BCUT2D eigenvalue weighted by atomic mass is 16.2. The number of piperazine rings is 1. The molecule has 4 rings (SSSR count). The SMILES string of the molecule is CCc1cc(C)ccc1N1CCN(C(=O)c2ccc([C@@H]3C(=O)NCC3C(C)C)cc2)CC1. The van der Waals surface area contributed by atoms with Crippen LogP contribution in [-0.4, -0.2) is 49.4 Å². The number of carbonyl (C=O) groups is 2. The van der Waals surface area contributed by atoms with Gasteiger partial charge in [-0.2, -0.15) is 0 Å². The molecule has 0 aromatic heterocycles. The van der Waals surface area contributed by atoms with Gasteiger partial charge < -0.3 is 15.1 Å². The average Bonchev–Trinajstić information content (AvgIpc) is 3.20. The minimum absolute atomic E-state index is 0.0760. The van der Waals surface area contributed by atoms with Crippen LogP contribution < -0.4 is 10.2 Å². The predicted octanol–water partition coefficient (Wildman–Crippen LogP) is 4.01. The monoisotopic (exact) mass is 433 g/mol. The van der Waals surface area contributed by atoms with Gasteiger partial charge in [0.05, 0.1) is 5.92 Å². The van der Waals surface area contributed by atoms with Crippen molar-refractivity contribution in [1.82, 2.24) is 10.2 Å². The first-order valence-electron chi connectivity index (χ1n) is 11.9. The van der Waals surface area contributed by atoms with Gasteiger partial charge in [-0.1, -0.05) is 50.6 Å². The van der Waals surface area contributed by atoms with Crippen molar-refractivity contribution < 1.29 is 9.59 Å². The molecule has 2 amide bonds. The highest BCUT2D eigenvalue weighted by molar-refractivity contribution is 5.94. The molecule has 2 aliphatic rings. The zero-order valence-corrected chi connectivity index (χ0v) is 19.7. The Hall–Kier alpha value is -2.82. The van der Waals surface area contributed by atoms with E-state index in [-0.39, 0.29) is 17.7 Å². The number of aryl methyl sites for hydroxylation is 2. The van der Waals surface area contributed by atoms with Crippen LogP contribution in [0.5, 0.6) is 0 Å². The van der Waals surface area contributed by atoms with Gasteiger partial charge in [0.25, 0.3) is 5.91 Å². The van der Waals surface area contributed by atoms with E-state index < -0.39 is 0 Å². The Balaban J connectivity index is 1.41. The van der Waals surface area contributed by atoms with Gasteiger partial charge in [-0.05, 0) is 54.5 Å². The maximum atomic E-state index is 13.1. The van der Waals surface area contributed by atoms with E-state index >= 15 is 0 Å². The molecule has 2 saturated heterocycles. The third kappa shape index (κ3) is 4.38. The first-order valence-corrected chi connectivity index (χ1v) is 11.9. The molecule has 1 unspecified atom stereocenters. The maximum absolute atomic E-state index is 13.1. The lowest BCUT2D eigenvalue weighted by Gasteiger charge is -2.37. The zero-order valence-electron chi connectivity index (χ0n) is 19.7. The second-order valence-corrected chi connectivity index (χ2v) is 9.52. The lowest BCUT2D eigenvalue weighted by Crippen LogP contribution is -2.49. The van der Waals surface area contributed by atoms with Gasteiger partial charge in [0.2, 0.25) is 5.91 Å². The molecule has 170 valence electrons. The first kappa shape index (κ1) is 22.4. The summed E-state index contributed by atoms with van der Waals surface area (Å²) in [6, 6.07) is 14.4. The van der Waals surface area contributed by atoms with E-state index in [1.165, 1.54) is 16.8 Å². The van der Waals surface area contributed by atoms with Crippen molar-refractivity contribution in [2.24, 2.45) is 11.8 Å². The van der Waals surface area contributed by atoms with Crippen LogP contribution >= 0.6 is 0 Å². The molecular formula is C27H35N3O2. The summed E-state index contributed by atoms with van der Waals surface area (Å²) in [4.78, 5) is 29.8. The molecule has 0 radical (unpaired) electrons. The van der Waals surface area contributed by atoms with Crippen LogP contribution in [-0.2, 0) is 11.2 Å². The van der Waals surface area contributed by atoms with Crippen LogP contribution in [0.15, 0.2) is 42.5 Å². The molecule has 1 N–H and O–H groups in total. The summed E-state index contributed by atoms with van der Waals surface area (Å²) in [5.74, 6) is 0.781. The lowest BCUT2D eigenvalue weighted by atomic mass is 9.81. The summed E-state index contributed by atoms with van der Waals surface area (Å²) < 4.78 is 0. The Bertz CT molecular complexity index is 975. The van der Waals surface area contributed by atoms with Crippen molar-refractivity contribution in [3.63, 3.8) is 0 Å². The highest BCUT2D eigenvalue weighted by Gasteiger charge is 2.37. The summed E-state index contributed by atoms with van der Waals surface area (Å²) in [6.07, 6.45) is 1.01. The quantitative estimate of drug-likeness (QED) is 0.775. The topological polar surface area (TPSA) is 52.7 Å². The molecule has 2 aliphatic heterocycles. The standard InChI is InChI=1S/C27H35N3O2/c1-5-20-16-19(4)6-11-24(20)29-12-14-30(15-13-29)27(32)22-9-7-21(8-10-22)25-23(18(2)3)17-28-26(25)31/h6-11,16,18,23,25H,5,12-15,17H2,1-4H3,(H,28,31)/t23?,25-/m0/s1. The van der Waals surface area contributed by atoms with Crippen LogP contribution in [0.4, 0.5) is 5.69 Å². The van der Waals surface area contributed by atoms with Crippen molar-refractivity contribution in [3.8, 4) is 0 Å². The van der Waals surface area contributed by atoms with Crippen molar-refractivity contribution in [2.75, 3.05) is 37.6 Å². The molecule has 5 nitrogen and oxygen atoms in total. The summed E-state index contributed by atoms with van der Waals surface area (Å²) in [5.41, 5.74) is 5.66. The van der Waals surface area contributed by atoms with E-state index in [4.69, 9.17) is 0 Å². The molecule has 5 heteroatoms. The van der Waals surface area contributed by atoms with Crippen LogP contribution in [0.1, 0.15) is 53.7 Å². The third-order valence-corrected chi connectivity index (χ3v) is 7.12. The second-order valence-electron chi connectivity index (χ2n) is 9.52. The summed E-state index contributed by atoms with van der Waals surface area (Å²) in [5, 5.41) is 3.00. The second kappa shape index (κ2) is 9.35. The number of hydrogen-bond donors (Lipinski definition) is 1. The summed E-state index contributed by atoms with van der Waals surface area (Å²) in [7, 11) is 0. The van der Waals surface area contributed by atoms with E-state index in [9.17, 15) is 9.59 Å². The van der Waals surface area contributed by atoms with Crippen molar-refractivity contribution in [2.45, 2.75) is 40.0 Å². The Kier molecular flexibility index (Phi) is 6.54. The highest BCUT2D eigenvalue weighted by Crippen LogP contribution is 2.34. The number of benzene rings is 2. The Morgan fingerprint density at radius 1 is 1.06 bits per heavy atom. The van der Waals surface area contributed by atoms with Gasteiger partial charge >= 0.3 is 0 Å². The number of carbonyl (C=O) groups excluding carboxylic acids is 2. The van der Waals surface area contributed by atoms with E-state index in [0.29, 0.717) is 17.4 Å². The minimum Gasteiger partial charge on any atom is -0.368 e. The smallest absolute Gasteiger partial charge is 0.253 e. The van der Waals surface area contributed by atoms with Crippen molar-refractivity contribution in [1.29, 1.82) is 0 Å². The first-order chi connectivity index (χ1) is 15.4. The van der Waals surface area contributed by atoms with Crippen LogP contribution in [0.2, 0.25) is 0 Å². The lowest BCUT2D eigenvalue weighted by molar-refractivity contribution is -0.120. The fourth-order valence-electron chi connectivity index (χ4n) is 5.13. The fraction of sp³-hybridized carbons (Fsp3) is 0.481. The molecule has 2 aromatic carbocycles. The predicted molar refractivity (Wildman–Crippen MR) is 129 cm³/mol. The van der Waals surface area contributed by atoms with Crippen LogP contribution in [0.25, 0.3) is 0 Å². The van der Waals surface area contributed by atoms with Crippen molar-refractivity contribution >= 4 is 17.5 Å². The van der Waals surface area contributed by atoms with Gasteiger partial charge in [0.15, 0.2) is 0 Å². The minimum atomic E-state index is -0.120. The van der Waals surface area contributed by atoms with Gasteiger partial charge in [-0.3, -0.25) is 9.59 Å². The number of nitrogens with zero attached hydrogens (tertiary/aromatic N) is 2. The molecule has 2 heterocycles. The van der Waals surface area contributed by atoms with Gasteiger partial charge in [-0.15, -0.1) is 0 Å². The Labute approximate surface area is 191 Å². The summed E-state index contributed by atoms with van der Waals surface area (Å²) in [6.45, 7) is 12.5. The van der Waals surface area contributed by atoms with E-state index in [0.717, 1.165) is 44.7 Å². The molecule has 32 heavy (non-hydrogen) atoms. The number of rotatable bonds is 5. The molecule has 2 atom stereocenters. The fourth-order valence-corrected chi connectivity index (χ4v) is 5.13. The molecular weight excluding hydrogens is 398 g/mol. The van der Waals surface area contributed by atoms with E-state index in [1.807, 2.05) is 29.2 Å². The normalized spacial score (nSPS) is 21.2. The molecule has 0 spiro atoms. The van der Waals surface area contributed by atoms with E-state index in [2.05, 4.69) is 56.1 Å². The number of nitrogens with one attached hydrogen (secondary N) is 1. The molecule has 0 bridgehead atoms. The zero-order chi connectivity index (χ0) is 22.8. The molecule has 2 aromatic rings. The number of anilines is 1. The third-order valence-electron chi connectivity index (χ3n) is 7.12. The number of amides is 2. The van der Waals surface area contributed by atoms with Gasteiger partial charge in [0.1, 0.15) is 0 Å². The van der Waals surface area contributed by atoms with Gasteiger partial charge in [0, 0.05) is 44.0 Å². The van der Waals surface area contributed by atoms with Crippen molar-refractivity contribution in [3.05, 3.63) is 64.7 Å². The Morgan fingerprint density at radius 2 is 1.75 bits per heavy atom. The number of hydrogen-bond acceptors (Lipinski definition) is 3. The average molecular weight is 434 g/mol. The van der Waals surface area contributed by atoms with Crippen LogP contribution in [0.3, 0.4) is 0 Å². The summed E-state index contributed by atoms with van der Waals surface area (Å²) >= 11 is 0. The molecule has 0 saturated carbocycles. The Morgan fingerprint density at radius 3 is 2.38 bits per heavy atom. The van der Waals surface area contributed by atoms with Crippen LogP contribution in [0, 0.1) is 18.8 Å². The molecule has 2 fully saturated rings. The van der Waals surface area contributed by atoms with Gasteiger partial charge in [-0.25, -0.2) is 0 Å².